The molecule has 0 bridgehead atoms. The van der Waals surface area contributed by atoms with Gasteiger partial charge >= 0.3 is 0 Å². The number of hydrogen-bond acceptors (Lipinski definition) is 2. The molecule has 10 heavy (non-hydrogen) atoms. The lowest BCUT2D eigenvalue weighted by atomic mass is 9.52. The summed E-state index contributed by atoms with van der Waals surface area (Å²) in [6.07, 6.45) is 5.65. The van der Waals surface area contributed by atoms with Gasteiger partial charge in [0, 0.05) is 13.2 Å². The van der Waals surface area contributed by atoms with E-state index < -0.39 is 0 Å². The van der Waals surface area contributed by atoms with Crippen LogP contribution in [0.5, 0.6) is 0 Å². The summed E-state index contributed by atoms with van der Waals surface area (Å²) in [7, 11) is 1.78. The average Bonchev–Trinajstić information content (AvgIpc) is 1.79. The van der Waals surface area contributed by atoms with Gasteiger partial charge in [-0.05, 0) is 24.7 Å². The molecule has 2 heteroatoms. The van der Waals surface area contributed by atoms with Gasteiger partial charge in [0.25, 0.3) is 0 Å². The monoisotopic (exact) mass is 141 g/mol. The van der Waals surface area contributed by atoms with Crippen LogP contribution in [0.15, 0.2) is 0 Å². The van der Waals surface area contributed by atoms with E-state index in [-0.39, 0.29) is 0 Å². The lowest BCUT2D eigenvalue weighted by Gasteiger charge is -2.58. The summed E-state index contributed by atoms with van der Waals surface area (Å²) in [4.78, 5) is 0. The Balaban J connectivity index is 2.00. The second-order valence-corrected chi connectivity index (χ2v) is 3.74. The van der Waals surface area contributed by atoms with Gasteiger partial charge in [-0.15, -0.1) is 0 Å². The Morgan fingerprint density at radius 1 is 1.50 bits per heavy atom. The number of nitrogens with two attached hydrogens (primary N) is 1. The molecule has 2 atom stereocenters. The van der Waals surface area contributed by atoms with E-state index in [1.807, 2.05) is 0 Å². The molecule has 2 rings (SSSR count). The normalized spacial score (nSPS) is 42.6. The number of methoxy groups -OCH3 is 1. The van der Waals surface area contributed by atoms with Crippen molar-refractivity contribution in [3.8, 4) is 0 Å². The Bertz CT molecular complexity index is 142. The van der Waals surface area contributed by atoms with Gasteiger partial charge in [-0.25, -0.2) is 0 Å². The molecule has 2 saturated carbocycles. The molecule has 0 heterocycles. The molecule has 58 valence electrons. The van der Waals surface area contributed by atoms with Crippen LogP contribution in [0.3, 0.4) is 0 Å². The summed E-state index contributed by atoms with van der Waals surface area (Å²) in [5.41, 5.74) is 6.33. The summed E-state index contributed by atoms with van der Waals surface area (Å²) in [6.45, 7) is 0. The Labute approximate surface area is 61.7 Å². The summed E-state index contributed by atoms with van der Waals surface area (Å²) >= 11 is 0. The number of rotatable bonds is 1. The molecule has 0 aliphatic heterocycles. The van der Waals surface area contributed by atoms with E-state index in [2.05, 4.69) is 0 Å². The largest absolute Gasteiger partial charge is 0.379 e. The van der Waals surface area contributed by atoms with Crippen LogP contribution in [0.2, 0.25) is 0 Å². The van der Waals surface area contributed by atoms with Crippen molar-refractivity contribution in [2.24, 2.45) is 11.1 Å². The smallest absolute Gasteiger partial charge is 0.0778 e. The van der Waals surface area contributed by atoms with Gasteiger partial charge in [0.05, 0.1) is 6.10 Å². The topological polar surface area (TPSA) is 35.2 Å². The van der Waals surface area contributed by atoms with Crippen molar-refractivity contribution >= 4 is 0 Å². The number of hydrogen-bond donors (Lipinski definition) is 1. The van der Waals surface area contributed by atoms with E-state index >= 15 is 0 Å². The van der Waals surface area contributed by atoms with Crippen LogP contribution in [0.4, 0.5) is 0 Å². The summed E-state index contributed by atoms with van der Waals surface area (Å²) < 4.78 is 5.33. The highest BCUT2D eigenvalue weighted by atomic mass is 16.5. The fourth-order valence-corrected chi connectivity index (χ4v) is 2.53. The Kier molecular flexibility index (Phi) is 1.29. The molecule has 0 aromatic rings. The van der Waals surface area contributed by atoms with E-state index in [9.17, 15) is 0 Å². The van der Waals surface area contributed by atoms with Crippen molar-refractivity contribution in [1.82, 2.24) is 0 Å². The summed E-state index contributed by atoms with van der Waals surface area (Å²) in [5, 5.41) is 0. The standard InChI is InChI=1S/C8H15NO/c1-10-7-6(9)5-8(7)3-2-4-8/h6-7H,2-5,9H2,1H3. The molecule has 1 spiro atoms. The van der Waals surface area contributed by atoms with Gasteiger partial charge in [-0.2, -0.15) is 0 Å². The van der Waals surface area contributed by atoms with Crippen molar-refractivity contribution in [2.75, 3.05) is 7.11 Å². The third-order valence-corrected chi connectivity index (χ3v) is 3.24. The van der Waals surface area contributed by atoms with Crippen LogP contribution in [0.1, 0.15) is 25.7 Å². The first-order valence-corrected chi connectivity index (χ1v) is 4.07. The van der Waals surface area contributed by atoms with Crippen LogP contribution >= 0.6 is 0 Å². The minimum atomic E-state index is 0.324. The predicted molar refractivity (Wildman–Crippen MR) is 39.7 cm³/mol. The van der Waals surface area contributed by atoms with Crippen molar-refractivity contribution in [3.63, 3.8) is 0 Å². The molecule has 0 aromatic carbocycles. The van der Waals surface area contributed by atoms with Crippen molar-refractivity contribution < 1.29 is 4.74 Å². The van der Waals surface area contributed by atoms with Gasteiger partial charge in [0.15, 0.2) is 0 Å². The molecule has 2 N–H and O–H groups in total. The molecule has 0 saturated heterocycles. The zero-order valence-corrected chi connectivity index (χ0v) is 6.47. The first kappa shape index (κ1) is 6.62. The molecule has 2 nitrogen and oxygen atoms in total. The quantitative estimate of drug-likeness (QED) is 0.589. The number of ether oxygens (including phenoxy) is 1. The summed E-state index contributed by atoms with van der Waals surface area (Å²) in [5.74, 6) is 0. The van der Waals surface area contributed by atoms with Gasteiger partial charge < -0.3 is 10.5 Å². The molecule has 0 radical (unpaired) electrons. The van der Waals surface area contributed by atoms with Crippen LogP contribution in [-0.2, 0) is 4.74 Å². The van der Waals surface area contributed by atoms with E-state index in [0.717, 1.165) is 0 Å². The lowest BCUT2D eigenvalue weighted by molar-refractivity contribution is -0.150. The zero-order valence-electron chi connectivity index (χ0n) is 6.47. The van der Waals surface area contributed by atoms with Gasteiger partial charge in [0.1, 0.15) is 0 Å². The van der Waals surface area contributed by atoms with Crippen LogP contribution < -0.4 is 5.73 Å². The minimum absolute atomic E-state index is 0.324. The molecular weight excluding hydrogens is 126 g/mol. The zero-order chi connectivity index (χ0) is 7.19. The maximum absolute atomic E-state index is 5.79. The highest BCUT2D eigenvalue weighted by molar-refractivity contribution is 5.09. The van der Waals surface area contributed by atoms with Crippen molar-refractivity contribution in [1.29, 1.82) is 0 Å². The molecule has 2 aliphatic carbocycles. The van der Waals surface area contributed by atoms with Crippen molar-refractivity contribution in [3.05, 3.63) is 0 Å². The van der Waals surface area contributed by atoms with Crippen LogP contribution in [0, 0.1) is 5.41 Å². The third-order valence-electron chi connectivity index (χ3n) is 3.24. The molecule has 2 fully saturated rings. The average molecular weight is 141 g/mol. The lowest BCUT2D eigenvalue weighted by Crippen LogP contribution is -2.63. The maximum atomic E-state index is 5.79. The van der Waals surface area contributed by atoms with Crippen LogP contribution in [0.25, 0.3) is 0 Å². The molecular formula is C8H15NO. The first-order valence-electron chi connectivity index (χ1n) is 4.07. The van der Waals surface area contributed by atoms with Crippen LogP contribution in [-0.4, -0.2) is 19.3 Å². The van der Waals surface area contributed by atoms with E-state index in [0.29, 0.717) is 17.6 Å². The minimum Gasteiger partial charge on any atom is -0.379 e. The summed E-state index contributed by atoms with van der Waals surface area (Å²) in [6, 6.07) is 0.324. The Morgan fingerprint density at radius 2 is 2.20 bits per heavy atom. The predicted octanol–water partition coefficient (Wildman–Crippen LogP) is 0.903. The fourth-order valence-electron chi connectivity index (χ4n) is 2.53. The fraction of sp³-hybridized carbons (Fsp3) is 1.00. The first-order chi connectivity index (χ1) is 4.78. The Morgan fingerprint density at radius 3 is 2.40 bits per heavy atom. The van der Waals surface area contributed by atoms with E-state index in [1.54, 1.807) is 7.11 Å². The molecule has 0 amide bonds. The second kappa shape index (κ2) is 1.95. The third kappa shape index (κ3) is 0.611. The molecule has 2 unspecified atom stereocenters. The van der Waals surface area contributed by atoms with Gasteiger partial charge in [-0.3, -0.25) is 0 Å². The molecule has 0 aromatic heterocycles. The van der Waals surface area contributed by atoms with E-state index in [1.165, 1.54) is 25.7 Å². The highest BCUT2D eigenvalue weighted by Crippen LogP contribution is 2.56. The van der Waals surface area contributed by atoms with Gasteiger partial charge in [0.2, 0.25) is 0 Å². The molecule has 2 aliphatic rings. The Hall–Kier alpha value is -0.0800. The van der Waals surface area contributed by atoms with Gasteiger partial charge in [-0.1, -0.05) is 6.42 Å². The maximum Gasteiger partial charge on any atom is 0.0778 e. The van der Waals surface area contributed by atoms with Crippen molar-refractivity contribution in [2.45, 2.75) is 37.8 Å². The SMILES string of the molecule is COC1C(N)CC12CCC2. The highest BCUT2D eigenvalue weighted by Gasteiger charge is 2.55. The van der Waals surface area contributed by atoms with E-state index in [4.69, 9.17) is 10.5 Å². The second-order valence-electron chi connectivity index (χ2n) is 3.74.